The van der Waals surface area contributed by atoms with Gasteiger partial charge in [-0.05, 0) is 112 Å². The van der Waals surface area contributed by atoms with E-state index in [-0.39, 0.29) is 0 Å². The van der Waals surface area contributed by atoms with E-state index in [4.69, 9.17) is 0 Å². The molecule has 0 amide bonds. The first-order valence-electron chi connectivity index (χ1n) is 13.2. The molecular weight excluding hydrogens is 394 g/mol. The van der Waals surface area contributed by atoms with Gasteiger partial charge in [-0.15, -0.1) is 0 Å². The minimum Gasteiger partial charge on any atom is -0.378 e. The third-order valence-electron chi connectivity index (χ3n) is 10.4. The van der Waals surface area contributed by atoms with Crippen LogP contribution >= 0.6 is 0 Å². The largest absolute Gasteiger partial charge is 0.378 e. The standard InChI is InChI=1S/C28H39N3O/c1-19(18-31-29-15-16-30-31)25-7-8-26-24-6-5-21-17-28(32,13-9-20-3-4-20)14-11-22(21)23(24)10-12-27(25,26)2/h15-16,20-26,32H,1,3-8,10-12,14,17-18H2,2H3/t21-,22+,23-,24-,25-,26+,27-,28+/m1/s1. The second-order valence-electron chi connectivity index (χ2n) is 12.1. The van der Waals surface area contributed by atoms with E-state index in [1.165, 1.54) is 63.4 Å². The van der Waals surface area contributed by atoms with Crippen LogP contribution in [-0.4, -0.2) is 25.7 Å². The summed E-state index contributed by atoms with van der Waals surface area (Å²) in [6, 6.07) is 0. The number of aliphatic hydroxyl groups is 1. The molecule has 0 aromatic carbocycles. The average molecular weight is 434 g/mol. The van der Waals surface area contributed by atoms with E-state index >= 15 is 0 Å². The molecule has 172 valence electrons. The first-order valence-corrected chi connectivity index (χ1v) is 13.2. The Hall–Kier alpha value is -1.60. The Morgan fingerprint density at radius 3 is 2.56 bits per heavy atom. The Kier molecular flexibility index (Phi) is 5.06. The highest BCUT2D eigenvalue weighted by atomic mass is 16.3. The zero-order valence-corrected chi connectivity index (χ0v) is 19.7. The minimum absolute atomic E-state index is 0.392. The number of aromatic nitrogens is 3. The predicted octanol–water partition coefficient (Wildman–Crippen LogP) is 5.25. The molecule has 5 saturated carbocycles. The molecule has 5 fully saturated rings. The smallest absolute Gasteiger partial charge is 0.125 e. The summed E-state index contributed by atoms with van der Waals surface area (Å²) in [7, 11) is 0. The highest BCUT2D eigenvalue weighted by molar-refractivity contribution is 5.21. The van der Waals surface area contributed by atoms with Crippen LogP contribution in [0.3, 0.4) is 0 Å². The lowest BCUT2D eigenvalue weighted by Crippen LogP contribution is -2.50. The van der Waals surface area contributed by atoms with Crippen molar-refractivity contribution in [1.82, 2.24) is 15.0 Å². The molecule has 5 aliphatic rings. The Balaban J connectivity index is 1.15. The molecule has 6 rings (SSSR count). The van der Waals surface area contributed by atoms with E-state index < -0.39 is 5.60 Å². The van der Waals surface area contributed by atoms with Crippen molar-refractivity contribution in [3.8, 4) is 11.8 Å². The van der Waals surface area contributed by atoms with Gasteiger partial charge in [0.05, 0.1) is 18.9 Å². The van der Waals surface area contributed by atoms with E-state index in [0.29, 0.717) is 23.2 Å². The van der Waals surface area contributed by atoms with Crippen LogP contribution in [0.4, 0.5) is 0 Å². The fourth-order valence-electron chi connectivity index (χ4n) is 8.74. The Morgan fingerprint density at radius 1 is 1.00 bits per heavy atom. The molecule has 1 aromatic heterocycles. The summed E-state index contributed by atoms with van der Waals surface area (Å²) in [5.74, 6) is 12.0. The van der Waals surface area contributed by atoms with Gasteiger partial charge < -0.3 is 5.11 Å². The Bertz CT molecular complexity index is 924. The highest BCUT2D eigenvalue weighted by Gasteiger charge is 2.58. The quantitative estimate of drug-likeness (QED) is 0.523. The van der Waals surface area contributed by atoms with E-state index in [1.54, 1.807) is 17.2 Å². The number of hydrogen-bond donors (Lipinski definition) is 1. The molecule has 0 unspecified atom stereocenters. The molecule has 32 heavy (non-hydrogen) atoms. The molecule has 0 saturated heterocycles. The summed E-state index contributed by atoms with van der Waals surface area (Å²) in [5.41, 5.74) is 1.02. The van der Waals surface area contributed by atoms with Gasteiger partial charge in [0.25, 0.3) is 0 Å². The first kappa shape index (κ1) is 21.0. The molecule has 1 N–H and O–H groups in total. The van der Waals surface area contributed by atoms with E-state index in [1.807, 2.05) is 0 Å². The van der Waals surface area contributed by atoms with Crippen molar-refractivity contribution in [2.75, 3.05) is 0 Å². The van der Waals surface area contributed by atoms with Crippen LogP contribution in [0.15, 0.2) is 24.5 Å². The van der Waals surface area contributed by atoms with Gasteiger partial charge in [0.2, 0.25) is 0 Å². The molecule has 0 bridgehead atoms. The number of allylic oxidation sites excluding steroid dienone is 1. The summed E-state index contributed by atoms with van der Waals surface area (Å²) in [4.78, 5) is 1.80. The number of nitrogens with zero attached hydrogens (tertiary/aromatic N) is 3. The highest BCUT2D eigenvalue weighted by Crippen LogP contribution is 2.65. The Morgan fingerprint density at radius 2 is 1.78 bits per heavy atom. The van der Waals surface area contributed by atoms with Gasteiger partial charge in [-0.3, -0.25) is 0 Å². The van der Waals surface area contributed by atoms with Crippen LogP contribution in [0.1, 0.15) is 77.6 Å². The van der Waals surface area contributed by atoms with Gasteiger partial charge in [-0.25, -0.2) is 0 Å². The number of rotatable bonds is 3. The van der Waals surface area contributed by atoms with Crippen molar-refractivity contribution in [1.29, 1.82) is 0 Å². The van der Waals surface area contributed by atoms with Gasteiger partial charge in [0.1, 0.15) is 5.60 Å². The average Bonchev–Trinajstić information content (AvgIpc) is 3.34. The zero-order valence-electron chi connectivity index (χ0n) is 19.7. The van der Waals surface area contributed by atoms with Crippen molar-refractivity contribution < 1.29 is 5.11 Å². The molecule has 1 heterocycles. The summed E-state index contributed by atoms with van der Waals surface area (Å²) >= 11 is 0. The van der Waals surface area contributed by atoms with Crippen molar-refractivity contribution in [3.63, 3.8) is 0 Å². The summed E-state index contributed by atoms with van der Waals surface area (Å²) in [6.45, 7) is 7.87. The van der Waals surface area contributed by atoms with Crippen molar-refractivity contribution in [2.45, 2.75) is 89.7 Å². The van der Waals surface area contributed by atoms with Crippen LogP contribution in [0.5, 0.6) is 0 Å². The lowest BCUT2D eigenvalue weighted by molar-refractivity contribution is -0.0875. The maximum absolute atomic E-state index is 11.2. The third-order valence-corrected chi connectivity index (χ3v) is 10.4. The molecule has 0 aliphatic heterocycles. The van der Waals surface area contributed by atoms with Gasteiger partial charge in [-0.1, -0.05) is 30.9 Å². The third kappa shape index (κ3) is 3.56. The van der Waals surface area contributed by atoms with Crippen molar-refractivity contribution in [2.24, 2.45) is 46.8 Å². The van der Waals surface area contributed by atoms with Gasteiger partial charge in [0, 0.05) is 5.92 Å². The van der Waals surface area contributed by atoms with Crippen molar-refractivity contribution in [3.05, 3.63) is 24.5 Å². The van der Waals surface area contributed by atoms with E-state index in [9.17, 15) is 5.11 Å². The summed E-state index contributed by atoms with van der Waals surface area (Å²) < 4.78 is 0. The number of fused-ring (bicyclic) bond motifs is 5. The molecule has 4 nitrogen and oxygen atoms in total. The number of hydrogen-bond acceptors (Lipinski definition) is 3. The molecule has 0 spiro atoms. The summed E-state index contributed by atoms with van der Waals surface area (Å²) in [6.07, 6.45) is 17.0. The lowest BCUT2D eigenvalue weighted by atomic mass is 9.48. The predicted molar refractivity (Wildman–Crippen MR) is 125 cm³/mol. The zero-order chi connectivity index (χ0) is 21.9. The fraction of sp³-hybridized carbons (Fsp3) is 0.786. The van der Waals surface area contributed by atoms with Gasteiger partial charge >= 0.3 is 0 Å². The lowest BCUT2D eigenvalue weighted by Gasteiger charge is -2.57. The first-order chi connectivity index (χ1) is 15.5. The molecule has 4 heteroatoms. The van der Waals surface area contributed by atoms with E-state index in [2.05, 4.69) is 35.5 Å². The van der Waals surface area contributed by atoms with E-state index in [0.717, 1.165) is 43.1 Å². The maximum Gasteiger partial charge on any atom is 0.125 e. The monoisotopic (exact) mass is 433 g/mol. The van der Waals surface area contributed by atoms with Crippen LogP contribution in [0, 0.1) is 58.7 Å². The van der Waals surface area contributed by atoms with Gasteiger partial charge in [0.15, 0.2) is 0 Å². The second kappa shape index (κ2) is 7.73. The second-order valence-corrected chi connectivity index (χ2v) is 12.1. The van der Waals surface area contributed by atoms with Crippen LogP contribution in [0.25, 0.3) is 0 Å². The summed E-state index contributed by atoms with van der Waals surface area (Å²) in [5, 5.41) is 19.8. The SMILES string of the molecule is C=C(Cn1nccn1)[C@H]1CC[C@H]2[C@@H]3CC[C@@H]4C[C@](O)(C#CC5CC5)CC[C@@H]4[C@H]3CC[C@]12C. The van der Waals surface area contributed by atoms with Crippen molar-refractivity contribution >= 4 is 0 Å². The fourth-order valence-corrected chi connectivity index (χ4v) is 8.74. The van der Waals surface area contributed by atoms with Crippen LogP contribution in [-0.2, 0) is 6.54 Å². The molecular formula is C28H39N3O. The normalized spacial score (nSPS) is 45.2. The molecule has 8 atom stereocenters. The van der Waals surface area contributed by atoms with Gasteiger partial charge in [-0.2, -0.15) is 15.0 Å². The maximum atomic E-state index is 11.2. The van der Waals surface area contributed by atoms with Crippen LogP contribution < -0.4 is 0 Å². The molecule has 5 aliphatic carbocycles. The topological polar surface area (TPSA) is 50.9 Å². The molecule has 1 aromatic rings. The van der Waals surface area contributed by atoms with Crippen LogP contribution in [0.2, 0.25) is 0 Å². The minimum atomic E-state index is -0.698. The Labute approximate surface area is 193 Å². The molecule has 0 radical (unpaired) electrons.